The second-order valence-corrected chi connectivity index (χ2v) is 4.84. The molecule has 0 aliphatic heterocycles. The summed E-state index contributed by atoms with van der Waals surface area (Å²) < 4.78 is 37.3. The number of amides is 1. The Morgan fingerprint density at radius 2 is 1.83 bits per heavy atom. The lowest BCUT2D eigenvalue weighted by Crippen LogP contribution is -2.61. The first-order valence-electron chi connectivity index (χ1n) is 5.87. The van der Waals surface area contributed by atoms with Crippen molar-refractivity contribution in [1.29, 1.82) is 0 Å². The fourth-order valence-electron chi connectivity index (χ4n) is 1.67. The van der Waals surface area contributed by atoms with Crippen LogP contribution in [0.25, 0.3) is 0 Å². The highest BCUT2D eigenvalue weighted by molar-refractivity contribution is 5.84. The summed E-state index contributed by atoms with van der Waals surface area (Å²) in [7, 11) is 0. The quantitative estimate of drug-likeness (QED) is 0.728. The normalized spacial score (nSPS) is 16.1. The van der Waals surface area contributed by atoms with Crippen LogP contribution in [0.5, 0.6) is 0 Å². The van der Waals surface area contributed by atoms with Crippen molar-refractivity contribution in [3.05, 3.63) is 0 Å². The molecule has 0 aliphatic rings. The number of carbonyl (C=O) groups excluding carboxylic acids is 1. The minimum Gasteiger partial charge on any atom is -0.368 e. The first kappa shape index (κ1) is 17.2. The Morgan fingerprint density at radius 3 is 2.11 bits per heavy atom. The highest BCUT2D eigenvalue weighted by atomic mass is 19.4. The summed E-state index contributed by atoms with van der Waals surface area (Å²) in [6.07, 6.45) is -4.30. The van der Waals surface area contributed by atoms with E-state index in [0.29, 0.717) is 6.54 Å². The monoisotopic (exact) mass is 269 g/mol. The lowest BCUT2D eigenvalue weighted by Gasteiger charge is -2.36. The van der Waals surface area contributed by atoms with Crippen LogP contribution in [0.3, 0.4) is 0 Å². The van der Waals surface area contributed by atoms with Gasteiger partial charge < -0.3 is 11.1 Å². The van der Waals surface area contributed by atoms with Crippen LogP contribution in [-0.2, 0) is 4.79 Å². The molecule has 0 bridgehead atoms. The molecule has 3 N–H and O–H groups in total. The van der Waals surface area contributed by atoms with Gasteiger partial charge in [-0.3, -0.25) is 9.69 Å². The summed E-state index contributed by atoms with van der Waals surface area (Å²) in [6, 6.07) is -0.330. The SMILES string of the molecule is CCNC(C)(CN(CC(F)(F)F)C(C)C)C(N)=O. The average Bonchev–Trinajstić information content (AvgIpc) is 2.14. The average molecular weight is 269 g/mol. The minimum absolute atomic E-state index is 0.0760. The van der Waals surface area contributed by atoms with Crippen molar-refractivity contribution in [3.8, 4) is 0 Å². The number of nitrogens with zero attached hydrogens (tertiary/aromatic N) is 1. The highest BCUT2D eigenvalue weighted by Crippen LogP contribution is 2.20. The Kier molecular flexibility index (Phi) is 6.09. The molecule has 0 fully saturated rings. The number of hydrogen-bond acceptors (Lipinski definition) is 3. The van der Waals surface area contributed by atoms with E-state index < -0.39 is 24.2 Å². The van der Waals surface area contributed by atoms with Gasteiger partial charge in [0.1, 0.15) is 5.54 Å². The summed E-state index contributed by atoms with van der Waals surface area (Å²) in [6.45, 7) is 5.91. The summed E-state index contributed by atoms with van der Waals surface area (Å²) in [5.74, 6) is -0.655. The van der Waals surface area contributed by atoms with Gasteiger partial charge in [0.15, 0.2) is 0 Å². The molecule has 0 heterocycles. The number of halogens is 3. The molecular weight excluding hydrogens is 247 g/mol. The van der Waals surface area contributed by atoms with Crippen LogP contribution in [-0.4, -0.2) is 48.2 Å². The third kappa shape index (κ3) is 5.68. The van der Waals surface area contributed by atoms with Gasteiger partial charge in [0, 0.05) is 12.6 Å². The van der Waals surface area contributed by atoms with Crippen LogP contribution in [0.1, 0.15) is 27.7 Å². The van der Waals surface area contributed by atoms with Gasteiger partial charge >= 0.3 is 6.18 Å². The van der Waals surface area contributed by atoms with E-state index in [4.69, 9.17) is 5.73 Å². The molecule has 0 rings (SSSR count). The Bertz CT molecular complexity index is 281. The molecule has 108 valence electrons. The van der Waals surface area contributed by atoms with Crippen molar-refractivity contribution in [1.82, 2.24) is 10.2 Å². The fraction of sp³-hybridized carbons (Fsp3) is 0.909. The maximum Gasteiger partial charge on any atom is 0.401 e. The van der Waals surface area contributed by atoms with E-state index >= 15 is 0 Å². The van der Waals surface area contributed by atoms with Crippen LogP contribution >= 0.6 is 0 Å². The van der Waals surface area contributed by atoms with Gasteiger partial charge in [-0.25, -0.2) is 0 Å². The Morgan fingerprint density at radius 1 is 1.33 bits per heavy atom. The number of primary amides is 1. The minimum atomic E-state index is -4.30. The topological polar surface area (TPSA) is 58.4 Å². The van der Waals surface area contributed by atoms with E-state index in [0.717, 1.165) is 0 Å². The third-order valence-corrected chi connectivity index (χ3v) is 2.74. The number of nitrogens with two attached hydrogens (primary N) is 1. The zero-order valence-electron chi connectivity index (χ0n) is 11.3. The first-order valence-corrected chi connectivity index (χ1v) is 5.87. The number of likely N-dealkylation sites (N-methyl/N-ethyl adjacent to an activating group) is 1. The van der Waals surface area contributed by atoms with Crippen molar-refractivity contribution < 1.29 is 18.0 Å². The molecule has 4 nitrogen and oxygen atoms in total. The first-order chi connectivity index (χ1) is 8.02. The van der Waals surface area contributed by atoms with Crippen molar-refractivity contribution in [2.24, 2.45) is 5.73 Å². The summed E-state index contributed by atoms with van der Waals surface area (Å²) >= 11 is 0. The van der Waals surface area contributed by atoms with Crippen molar-refractivity contribution in [2.45, 2.75) is 45.5 Å². The second-order valence-electron chi connectivity index (χ2n) is 4.84. The Hall–Kier alpha value is -0.820. The van der Waals surface area contributed by atoms with E-state index in [2.05, 4.69) is 5.32 Å². The van der Waals surface area contributed by atoms with E-state index in [1.165, 1.54) is 11.8 Å². The van der Waals surface area contributed by atoms with Gasteiger partial charge in [-0.1, -0.05) is 6.92 Å². The fourth-order valence-corrected chi connectivity index (χ4v) is 1.67. The molecule has 0 aromatic heterocycles. The lowest BCUT2D eigenvalue weighted by molar-refractivity contribution is -0.153. The zero-order chi connectivity index (χ0) is 14.6. The number of alkyl halides is 3. The molecule has 1 unspecified atom stereocenters. The van der Waals surface area contributed by atoms with Gasteiger partial charge in [0.2, 0.25) is 5.91 Å². The Balaban J connectivity index is 4.89. The highest BCUT2D eigenvalue weighted by Gasteiger charge is 2.38. The van der Waals surface area contributed by atoms with Crippen molar-refractivity contribution in [2.75, 3.05) is 19.6 Å². The van der Waals surface area contributed by atoms with Gasteiger partial charge in [-0.2, -0.15) is 13.2 Å². The molecule has 0 aromatic rings. The van der Waals surface area contributed by atoms with Crippen molar-refractivity contribution >= 4 is 5.91 Å². The maximum atomic E-state index is 12.4. The molecule has 0 aromatic carbocycles. The van der Waals surface area contributed by atoms with Crippen LogP contribution < -0.4 is 11.1 Å². The predicted molar refractivity (Wildman–Crippen MR) is 64.0 cm³/mol. The molecule has 1 amide bonds. The van der Waals surface area contributed by atoms with Crippen LogP contribution in [0.2, 0.25) is 0 Å². The van der Waals surface area contributed by atoms with Gasteiger partial charge in [0.05, 0.1) is 6.54 Å². The van der Waals surface area contributed by atoms with Crippen LogP contribution in [0.15, 0.2) is 0 Å². The van der Waals surface area contributed by atoms with Crippen LogP contribution in [0.4, 0.5) is 13.2 Å². The van der Waals surface area contributed by atoms with E-state index in [-0.39, 0.29) is 12.6 Å². The molecular formula is C11H22F3N3O. The molecule has 1 atom stereocenters. The second kappa shape index (κ2) is 6.38. The molecule has 0 saturated heterocycles. The zero-order valence-corrected chi connectivity index (χ0v) is 11.3. The number of carbonyl (C=O) groups is 1. The largest absolute Gasteiger partial charge is 0.401 e. The number of nitrogens with one attached hydrogen (secondary N) is 1. The predicted octanol–water partition coefficient (Wildman–Crippen LogP) is 1.11. The van der Waals surface area contributed by atoms with E-state index in [1.54, 1.807) is 20.8 Å². The molecule has 7 heteroatoms. The van der Waals surface area contributed by atoms with Gasteiger partial charge in [-0.15, -0.1) is 0 Å². The molecule has 0 aliphatic carbocycles. The lowest BCUT2D eigenvalue weighted by atomic mass is 10.00. The molecule has 0 spiro atoms. The van der Waals surface area contributed by atoms with Crippen LogP contribution in [0, 0.1) is 0 Å². The number of hydrogen-bond donors (Lipinski definition) is 2. The summed E-state index contributed by atoms with van der Waals surface area (Å²) in [4.78, 5) is 12.6. The maximum absolute atomic E-state index is 12.4. The summed E-state index contributed by atoms with van der Waals surface area (Å²) in [5.41, 5.74) is 4.10. The molecule has 18 heavy (non-hydrogen) atoms. The van der Waals surface area contributed by atoms with Crippen molar-refractivity contribution in [3.63, 3.8) is 0 Å². The third-order valence-electron chi connectivity index (χ3n) is 2.74. The van der Waals surface area contributed by atoms with E-state index in [9.17, 15) is 18.0 Å². The Labute approximate surface area is 106 Å². The standard InChI is InChI=1S/C11H22F3N3O/c1-5-16-10(4,9(15)18)6-17(8(2)3)7-11(12,13)14/h8,16H,5-7H2,1-4H3,(H2,15,18). The molecule has 0 radical (unpaired) electrons. The number of rotatable bonds is 7. The van der Waals surface area contributed by atoms with Gasteiger partial charge in [0.25, 0.3) is 0 Å². The van der Waals surface area contributed by atoms with Gasteiger partial charge in [-0.05, 0) is 27.3 Å². The smallest absolute Gasteiger partial charge is 0.368 e. The summed E-state index contributed by atoms with van der Waals surface area (Å²) in [5, 5.41) is 2.85. The molecule has 0 saturated carbocycles. The van der Waals surface area contributed by atoms with E-state index in [1.807, 2.05) is 0 Å².